The summed E-state index contributed by atoms with van der Waals surface area (Å²) in [6, 6.07) is 25.5. The van der Waals surface area contributed by atoms with Crippen LogP contribution in [0.5, 0.6) is 0 Å². The highest BCUT2D eigenvalue weighted by Crippen LogP contribution is 2.33. The van der Waals surface area contributed by atoms with E-state index in [1.807, 2.05) is 61.6 Å². The molecule has 0 aromatic heterocycles. The van der Waals surface area contributed by atoms with E-state index in [0.29, 0.717) is 17.7 Å². The zero-order valence-electron chi connectivity index (χ0n) is 18.0. The molecule has 0 radical (unpaired) electrons. The number of hydrogen-bond acceptors (Lipinski definition) is 5. The molecule has 0 saturated carbocycles. The highest BCUT2D eigenvalue weighted by Gasteiger charge is 2.20. The second-order valence-electron chi connectivity index (χ2n) is 7.60. The molecule has 1 fully saturated rings. The van der Waals surface area contributed by atoms with Crippen molar-refractivity contribution in [3.63, 3.8) is 0 Å². The van der Waals surface area contributed by atoms with Crippen molar-refractivity contribution in [2.24, 2.45) is 0 Å². The molecule has 3 aromatic rings. The van der Waals surface area contributed by atoms with Crippen molar-refractivity contribution >= 4 is 23.4 Å². The highest BCUT2D eigenvalue weighted by molar-refractivity contribution is 7.99. The SMILES string of the molecule is CN(Cc1ccccc1N1CCOCC1)C(=O)c1ccccc1Sc1ccccc1C#N. The van der Waals surface area contributed by atoms with Gasteiger partial charge in [0.1, 0.15) is 6.07 Å². The Kier molecular flexibility index (Phi) is 7.10. The average molecular weight is 444 g/mol. The summed E-state index contributed by atoms with van der Waals surface area (Å²) in [4.78, 5) is 19.2. The van der Waals surface area contributed by atoms with Crippen LogP contribution in [0.4, 0.5) is 5.69 Å². The maximum Gasteiger partial charge on any atom is 0.255 e. The van der Waals surface area contributed by atoms with E-state index in [4.69, 9.17) is 4.74 Å². The quantitative estimate of drug-likeness (QED) is 0.547. The van der Waals surface area contributed by atoms with Crippen LogP contribution in [0.3, 0.4) is 0 Å². The Morgan fingerprint density at radius 3 is 2.44 bits per heavy atom. The van der Waals surface area contributed by atoms with Gasteiger partial charge in [0.15, 0.2) is 0 Å². The van der Waals surface area contributed by atoms with E-state index < -0.39 is 0 Å². The topological polar surface area (TPSA) is 56.6 Å². The second kappa shape index (κ2) is 10.4. The lowest BCUT2D eigenvalue weighted by atomic mass is 10.1. The Balaban J connectivity index is 1.55. The van der Waals surface area contributed by atoms with E-state index in [9.17, 15) is 10.1 Å². The van der Waals surface area contributed by atoms with Gasteiger partial charge in [-0.25, -0.2) is 0 Å². The molecule has 3 aromatic carbocycles. The number of carbonyl (C=O) groups excluding carboxylic acids is 1. The number of para-hydroxylation sites is 1. The Bertz CT molecular complexity index is 1140. The molecular weight excluding hydrogens is 418 g/mol. The van der Waals surface area contributed by atoms with Gasteiger partial charge in [0, 0.05) is 42.2 Å². The van der Waals surface area contributed by atoms with E-state index in [2.05, 4.69) is 23.1 Å². The van der Waals surface area contributed by atoms with Gasteiger partial charge in [0.25, 0.3) is 5.91 Å². The molecule has 162 valence electrons. The van der Waals surface area contributed by atoms with Crippen LogP contribution in [-0.4, -0.2) is 44.2 Å². The Hall–Kier alpha value is -3.27. The van der Waals surface area contributed by atoms with E-state index in [-0.39, 0.29) is 5.91 Å². The van der Waals surface area contributed by atoms with Crippen molar-refractivity contribution in [2.75, 3.05) is 38.3 Å². The maximum absolute atomic E-state index is 13.4. The fourth-order valence-electron chi connectivity index (χ4n) is 3.79. The number of anilines is 1. The molecule has 0 unspecified atom stereocenters. The Morgan fingerprint density at radius 1 is 1.00 bits per heavy atom. The third-order valence-corrected chi connectivity index (χ3v) is 6.59. The summed E-state index contributed by atoms with van der Waals surface area (Å²) in [5.74, 6) is -0.0423. The first-order chi connectivity index (χ1) is 15.7. The fourth-order valence-corrected chi connectivity index (χ4v) is 4.81. The monoisotopic (exact) mass is 443 g/mol. The highest BCUT2D eigenvalue weighted by atomic mass is 32.2. The van der Waals surface area contributed by atoms with E-state index in [0.717, 1.165) is 47.3 Å². The van der Waals surface area contributed by atoms with E-state index in [1.165, 1.54) is 11.8 Å². The largest absolute Gasteiger partial charge is 0.378 e. The summed E-state index contributed by atoms with van der Waals surface area (Å²) in [7, 11) is 1.84. The normalized spacial score (nSPS) is 13.4. The number of nitrogens with zero attached hydrogens (tertiary/aromatic N) is 3. The van der Waals surface area contributed by atoms with Crippen LogP contribution in [0.25, 0.3) is 0 Å². The Labute approximate surface area is 193 Å². The second-order valence-corrected chi connectivity index (χ2v) is 8.68. The molecule has 0 aliphatic carbocycles. The number of hydrogen-bond donors (Lipinski definition) is 0. The molecule has 1 amide bonds. The molecule has 0 spiro atoms. The van der Waals surface area contributed by atoms with E-state index in [1.54, 1.807) is 11.0 Å². The number of rotatable bonds is 6. The fraction of sp³-hybridized carbons (Fsp3) is 0.231. The molecule has 32 heavy (non-hydrogen) atoms. The van der Waals surface area contributed by atoms with Gasteiger partial charge in [-0.2, -0.15) is 5.26 Å². The van der Waals surface area contributed by atoms with Crippen LogP contribution >= 0.6 is 11.8 Å². The van der Waals surface area contributed by atoms with Gasteiger partial charge in [-0.1, -0.05) is 54.2 Å². The van der Waals surface area contributed by atoms with Gasteiger partial charge >= 0.3 is 0 Å². The van der Waals surface area contributed by atoms with Gasteiger partial charge in [-0.3, -0.25) is 4.79 Å². The van der Waals surface area contributed by atoms with Crippen LogP contribution in [-0.2, 0) is 11.3 Å². The lowest BCUT2D eigenvalue weighted by molar-refractivity contribution is 0.0781. The minimum Gasteiger partial charge on any atom is -0.378 e. The molecule has 1 saturated heterocycles. The summed E-state index contributed by atoms with van der Waals surface area (Å²) in [6.45, 7) is 3.66. The number of morpholine rings is 1. The summed E-state index contributed by atoms with van der Waals surface area (Å²) in [5, 5.41) is 9.41. The molecular formula is C26H25N3O2S. The third kappa shape index (κ3) is 4.96. The van der Waals surface area contributed by atoms with Crippen molar-refractivity contribution < 1.29 is 9.53 Å². The number of benzene rings is 3. The van der Waals surface area contributed by atoms with Crippen molar-refractivity contribution in [1.29, 1.82) is 5.26 Å². The van der Waals surface area contributed by atoms with Gasteiger partial charge in [0.05, 0.1) is 24.3 Å². The molecule has 1 aliphatic rings. The smallest absolute Gasteiger partial charge is 0.255 e. The van der Waals surface area contributed by atoms with Crippen molar-refractivity contribution in [2.45, 2.75) is 16.3 Å². The molecule has 0 N–H and O–H groups in total. The van der Waals surface area contributed by atoms with Crippen LogP contribution in [0.15, 0.2) is 82.6 Å². The number of nitriles is 1. The standard InChI is InChI=1S/C26H25N3O2S/c1-28(19-21-9-2-5-11-23(21)29-14-16-31-17-15-29)26(30)22-10-4-7-13-25(22)32-24-12-6-3-8-20(24)18-27/h2-13H,14-17,19H2,1H3. The maximum atomic E-state index is 13.4. The lowest BCUT2D eigenvalue weighted by Gasteiger charge is -2.31. The number of ether oxygens (including phenoxy) is 1. The third-order valence-electron chi connectivity index (χ3n) is 5.44. The number of amides is 1. The van der Waals surface area contributed by atoms with Gasteiger partial charge in [-0.15, -0.1) is 0 Å². The first kappa shape index (κ1) is 21.9. The number of carbonyl (C=O) groups is 1. The zero-order valence-corrected chi connectivity index (χ0v) is 18.8. The van der Waals surface area contributed by atoms with Gasteiger partial charge < -0.3 is 14.5 Å². The first-order valence-electron chi connectivity index (χ1n) is 10.6. The summed E-state index contributed by atoms with van der Waals surface area (Å²) >= 11 is 1.45. The van der Waals surface area contributed by atoms with Crippen molar-refractivity contribution in [1.82, 2.24) is 4.90 Å². The zero-order chi connectivity index (χ0) is 22.3. The molecule has 6 heteroatoms. The molecule has 0 atom stereocenters. The van der Waals surface area contributed by atoms with Crippen molar-refractivity contribution in [3.05, 3.63) is 89.5 Å². The minimum absolute atomic E-state index is 0.0423. The predicted molar refractivity (Wildman–Crippen MR) is 127 cm³/mol. The van der Waals surface area contributed by atoms with Crippen LogP contribution < -0.4 is 4.90 Å². The Morgan fingerprint density at radius 2 is 1.66 bits per heavy atom. The molecule has 4 rings (SSSR count). The molecule has 1 aliphatic heterocycles. The van der Waals surface area contributed by atoms with Gasteiger partial charge in [-0.05, 0) is 35.9 Å². The summed E-state index contributed by atoms with van der Waals surface area (Å²) in [5.41, 5.74) is 3.51. The van der Waals surface area contributed by atoms with Crippen molar-refractivity contribution in [3.8, 4) is 6.07 Å². The first-order valence-corrected chi connectivity index (χ1v) is 11.4. The summed E-state index contributed by atoms with van der Waals surface area (Å²) in [6.07, 6.45) is 0. The van der Waals surface area contributed by atoms with Crippen LogP contribution in [0.2, 0.25) is 0 Å². The van der Waals surface area contributed by atoms with Crippen LogP contribution in [0, 0.1) is 11.3 Å². The molecule has 1 heterocycles. The average Bonchev–Trinajstić information content (AvgIpc) is 2.85. The van der Waals surface area contributed by atoms with Gasteiger partial charge in [0.2, 0.25) is 0 Å². The minimum atomic E-state index is -0.0423. The predicted octanol–water partition coefficient (Wildman–Crippen LogP) is 4.82. The van der Waals surface area contributed by atoms with Crippen LogP contribution in [0.1, 0.15) is 21.5 Å². The summed E-state index contributed by atoms with van der Waals surface area (Å²) < 4.78 is 5.49. The lowest BCUT2D eigenvalue weighted by Crippen LogP contribution is -2.37. The van der Waals surface area contributed by atoms with E-state index >= 15 is 0 Å². The molecule has 5 nitrogen and oxygen atoms in total. The molecule has 0 bridgehead atoms.